The number of halogens is 1. The molecule has 0 fully saturated rings. The van der Waals surface area contributed by atoms with E-state index in [4.69, 9.17) is 0 Å². The maximum atomic E-state index is 12.4. The highest BCUT2D eigenvalue weighted by molar-refractivity contribution is 9.10. The average Bonchev–Trinajstić information content (AvgIpc) is 2.70. The van der Waals surface area contributed by atoms with Gasteiger partial charge in [-0.15, -0.1) is 0 Å². The van der Waals surface area contributed by atoms with Crippen LogP contribution in [-0.4, -0.2) is 19.4 Å². The van der Waals surface area contributed by atoms with Crippen molar-refractivity contribution in [3.63, 3.8) is 0 Å². The zero-order chi connectivity index (χ0) is 20.7. The summed E-state index contributed by atoms with van der Waals surface area (Å²) in [6.45, 7) is 0.354. The molecule has 0 unspecified atom stereocenters. The number of nitrogens with zero attached hydrogens (tertiary/aromatic N) is 1. The summed E-state index contributed by atoms with van der Waals surface area (Å²) in [5.74, 6) is -0.148. The summed E-state index contributed by atoms with van der Waals surface area (Å²) in [6, 6.07) is 16.9. The monoisotopic (exact) mass is 474 g/mol. The van der Waals surface area contributed by atoms with Crippen LogP contribution in [0.3, 0.4) is 0 Å². The predicted molar refractivity (Wildman–Crippen MR) is 117 cm³/mol. The summed E-state index contributed by atoms with van der Waals surface area (Å²) in [6.07, 6.45) is 3.34. The number of pyridine rings is 1. The highest BCUT2D eigenvalue weighted by Crippen LogP contribution is 2.20. The van der Waals surface area contributed by atoms with Crippen molar-refractivity contribution in [3.8, 4) is 0 Å². The highest BCUT2D eigenvalue weighted by Gasteiger charge is 2.13. The third-order valence-corrected chi connectivity index (χ3v) is 5.91. The number of hydrogen-bond acceptors (Lipinski definition) is 4. The maximum absolute atomic E-state index is 12.4. The third kappa shape index (κ3) is 6.58. The van der Waals surface area contributed by atoms with E-state index in [2.05, 4.69) is 36.3 Å². The topological polar surface area (TPSA) is 100 Å². The minimum absolute atomic E-state index is 0.148. The zero-order valence-electron chi connectivity index (χ0n) is 15.3. The van der Waals surface area contributed by atoms with Gasteiger partial charge in [-0.05, 0) is 47.5 Å². The summed E-state index contributed by atoms with van der Waals surface area (Å²) in [5.41, 5.74) is 2.52. The lowest BCUT2D eigenvalue weighted by Gasteiger charge is -2.11. The fourth-order valence-electron chi connectivity index (χ4n) is 2.52. The van der Waals surface area contributed by atoms with E-state index in [9.17, 15) is 13.2 Å². The second kappa shape index (κ2) is 9.53. The number of hydrogen-bond donors (Lipinski definition) is 3. The first kappa shape index (κ1) is 20.8. The number of urea groups is 1. The molecule has 0 aliphatic rings. The normalized spacial score (nSPS) is 10.9. The first-order valence-electron chi connectivity index (χ1n) is 8.69. The molecule has 0 atom stereocenters. The Hall–Kier alpha value is -2.91. The molecule has 2 amide bonds. The molecule has 1 heterocycles. The Morgan fingerprint density at radius 3 is 2.38 bits per heavy atom. The molecule has 3 aromatic rings. The van der Waals surface area contributed by atoms with Crippen molar-refractivity contribution in [2.24, 2.45) is 0 Å². The van der Waals surface area contributed by atoms with Gasteiger partial charge in [-0.1, -0.05) is 40.2 Å². The van der Waals surface area contributed by atoms with Gasteiger partial charge in [0.25, 0.3) is 0 Å². The van der Waals surface area contributed by atoms with Crippen LogP contribution < -0.4 is 15.4 Å². The molecule has 0 bridgehead atoms. The first-order chi connectivity index (χ1) is 13.9. The molecule has 150 valence electrons. The number of sulfonamides is 1. The highest BCUT2D eigenvalue weighted by atomic mass is 79.9. The van der Waals surface area contributed by atoms with Crippen LogP contribution in [0.1, 0.15) is 11.1 Å². The van der Waals surface area contributed by atoms with Gasteiger partial charge in [-0.25, -0.2) is 13.2 Å². The zero-order valence-corrected chi connectivity index (χ0v) is 17.7. The second-order valence-corrected chi connectivity index (χ2v) is 8.78. The van der Waals surface area contributed by atoms with Crippen molar-refractivity contribution < 1.29 is 13.2 Å². The molecule has 0 radical (unpaired) electrons. The van der Waals surface area contributed by atoms with Crippen molar-refractivity contribution in [2.75, 3.05) is 10.0 Å². The molecule has 3 rings (SSSR count). The van der Waals surface area contributed by atoms with Crippen molar-refractivity contribution in [2.45, 2.75) is 12.3 Å². The van der Waals surface area contributed by atoms with Gasteiger partial charge in [0.05, 0.1) is 5.75 Å². The quantitative estimate of drug-likeness (QED) is 0.479. The van der Waals surface area contributed by atoms with Gasteiger partial charge in [0.1, 0.15) is 0 Å². The molecule has 1 aromatic heterocycles. The number of benzene rings is 2. The van der Waals surface area contributed by atoms with Crippen LogP contribution in [0.15, 0.2) is 77.5 Å². The Morgan fingerprint density at radius 2 is 1.69 bits per heavy atom. The molecule has 0 aliphatic heterocycles. The lowest BCUT2D eigenvalue weighted by molar-refractivity contribution is 0.251. The number of amides is 2. The SMILES string of the molecule is O=C(NCc1cccnc1)Nc1ccc(NS(=O)(=O)Cc2ccccc2Br)cc1. The summed E-state index contributed by atoms with van der Waals surface area (Å²) in [7, 11) is -3.57. The lowest BCUT2D eigenvalue weighted by Crippen LogP contribution is -2.28. The van der Waals surface area contributed by atoms with E-state index >= 15 is 0 Å². The largest absolute Gasteiger partial charge is 0.334 e. The summed E-state index contributed by atoms with van der Waals surface area (Å²) in [4.78, 5) is 16.0. The first-order valence-corrected chi connectivity index (χ1v) is 11.1. The molecular formula is C20H19BrN4O3S. The average molecular weight is 475 g/mol. The summed E-state index contributed by atoms with van der Waals surface area (Å²) >= 11 is 3.35. The standard InChI is InChI=1S/C20H19BrN4O3S/c21-19-6-2-1-5-16(19)14-29(27,28)25-18-9-7-17(8-10-18)24-20(26)23-13-15-4-3-11-22-12-15/h1-12,25H,13-14H2,(H2,23,24,26). The molecule has 0 saturated carbocycles. The molecule has 2 aromatic carbocycles. The minimum atomic E-state index is -3.57. The van der Waals surface area contributed by atoms with Crippen molar-refractivity contribution in [1.29, 1.82) is 0 Å². The summed E-state index contributed by atoms with van der Waals surface area (Å²) in [5, 5.41) is 5.42. The smallest absolute Gasteiger partial charge is 0.319 e. The fourth-order valence-corrected chi connectivity index (χ4v) is 4.36. The number of carbonyl (C=O) groups is 1. The fraction of sp³-hybridized carbons (Fsp3) is 0.100. The van der Waals surface area contributed by atoms with Gasteiger partial charge in [-0.3, -0.25) is 9.71 Å². The van der Waals surface area contributed by atoms with Crippen molar-refractivity contribution in [3.05, 3.63) is 88.7 Å². The Balaban J connectivity index is 1.54. The van der Waals surface area contributed by atoms with Gasteiger partial charge in [0.15, 0.2) is 0 Å². The molecule has 0 aliphatic carbocycles. The van der Waals surface area contributed by atoms with E-state index in [0.29, 0.717) is 23.5 Å². The van der Waals surface area contributed by atoms with Gasteiger partial charge in [0, 0.05) is 34.8 Å². The van der Waals surface area contributed by atoms with Crippen LogP contribution in [0.4, 0.5) is 16.2 Å². The van der Waals surface area contributed by atoms with Gasteiger partial charge < -0.3 is 10.6 Å². The van der Waals surface area contributed by atoms with Gasteiger partial charge >= 0.3 is 6.03 Å². The molecule has 0 saturated heterocycles. The maximum Gasteiger partial charge on any atom is 0.319 e. The van der Waals surface area contributed by atoms with E-state index in [1.807, 2.05) is 12.1 Å². The Bertz CT molecular complexity index is 1070. The van der Waals surface area contributed by atoms with Crippen LogP contribution >= 0.6 is 15.9 Å². The van der Waals surface area contributed by atoms with Crippen LogP contribution in [-0.2, 0) is 22.3 Å². The Morgan fingerprint density at radius 1 is 0.966 bits per heavy atom. The molecule has 9 heteroatoms. The molecule has 7 nitrogen and oxygen atoms in total. The van der Waals surface area contributed by atoms with E-state index in [0.717, 1.165) is 10.0 Å². The second-order valence-electron chi connectivity index (χ2n) is 6.20. The minimum Gasteiger partial charge on any atom is -0.334 e. The van der Waals surface area contributed by atoms with Gasteiger partial charge in [-0.2, -0.15) is 0 Å². The third-order valence-electron chi connectivity index (χ3n) is 3.90. The number of anilines is 2. The molecule has 0 spiro atoms. The molecule has 29 heavy (non-hydrogen) atoms. The van der Waals surface area contributed by atoms with Crippen LogP contribution in [0.5, 0.6) is 0 Å². The Kier molecular flexibility index (Phi) is 6.84. The van der Waals surface area contributed by atoms with E-state index in [1.54, 1.807) is 60.9 Å². The van der Waals surface area contributed by atoms with Crippen LogP contribution in [0.2, 0.25) is 0 Å². The lowest BCUT2D eigenvalue weighted by atomic mass is 10.2. The number of nitrogens with one attached hydrogen (secondary N) is 3. The van der Waals surface area contributed by atoms with Crippen LogP contribution in [0, 0.1) is 0 Å². The van der Waals surface area contributed by atoms with E-state index in [-0.39, 0.29) is 11.8 Å². The van der Waals surface area contributed by atoms with E-state index < -0.39 is 10.0 Å². The Labute approximate surface area is 177 Å². The number of rotatable bonds is 7. The van der Waals surface area contributed by atoms with Gasteiger partial charge in [0.2, 0.25) is 10.0 Å². The number of aromatic nitrogens is 1. The van der Waals surface area contributed by atoms with Crippen molar-refractivity contribution >= 4 is 43.4 Å². The van der Waals surface area contributed by atoms with E-state index in [1.165, 1.54) is 0 Å². The number of carbonyl (C=O) groups excluding carboxylic acids is 1. The van der Waals surface area contributed by atoms with Crippen LogP contribution in [0.25, 0.3) is 0 Å². The molecule has 3 N–H and O–H groups in total. The predicted octanol–water partition coefficient (Wildman–Crippen LogP) is 4.11. The van der Waals surface area contributed by atoms with Crippen molar-refractivity contribution in [1.82, 2.24) is 10.3 Å². The summed E-state index contributed by atoms with van der Waals surface area (Å²) < 4.78 is 28.1. The molecular weight excluding hydrogens is 456 g/mol.